The van der Waals surface area contributed by atoms with Gasteiger partial charge in [0.2, 0.25) is 5.91 Å². The first-order chi connectivity index (χ1) is 7.45. The molecule has 0 aromatic rings. The molecule has 0 aromatic carbocycles. The quantitative estimate of drug-likeness (QED) is 0.619. The maximum absolute atomic E-state index is 11.1. The lowest BCUT2D eigenvalue weighted by Gasteiger charge is -2.14. The number of carbonyl (C=O) groups is 2. The Morgan fingerprint density at radius 1 is 1.31 bits per heavy atom. The van der Waals surface area contributed by atoms with Crippen LogP contribution in [0.15, 0.2) is 0 Å². The summed E-state index contributed by atoms with van der Waals surface area (Å²) in [5.74, 6) is -0.162. The summed E-state index contributed by atoms with van der Waals surface area (Å²) in [5, 5.41) is 10.6. The molecule has 0 bridgehead atoms. The molecular weight excluding hydrogens is 210 g/mol. The predicted molar refractivity (Wildman–Crippen MR) is 59.7 cm³/mol. The van der Waals surface area contributed by atoms with Crippen LogP contribution in [0.1, 0.15) is 27.2 Å². The van der Waals surface area contributed by atoms with Crippen LogP contribution in [-0.2, 0) is 14.3 Å². The third-order valence-electron chi connectivity index (χ3n) is 1.98. The molecular formula is C11H21NO4. The minimum absolute atomic E-state index is 0.187. The molecule has 0 heterocycles. The standard InChI is InChI=1S/C11H21NO4/c1-8(2)4-9(3)7-16-11(15)5-12-10(14)6-13/h8-9,13H,4-7H2,1-3H3,(H,12,14). The van der Waals surface area contributed by atoms with E-state index in [-0.39, 0.29) is 6.54 Å². The van der Waals surface area contributed by atoms with E-state index in [9.17, 15) is 9.59 Å². The molecule has 5 heteroatoms. The summed E-state index contributed by atoms with van der Waals surface area (Å²) in [7, 11) is 0. The van der Waals surface area contributed by atoms with E-state index < -0.39 is 18.5 Å². The van der Waals surface area contributed by atoms with Crippen molar-refractivity contribution in [3.05, 3.63) is 0 Å². The van der Waals surface area contributed by atoms with Crippen LogP contribution in [0.25, 0.3) is 0 Å². The first-order valence-corrected chi connectivity index (χ1v) is 5.48. The zero-order valence-corrected chi connectivity index (χ0v) is 10.2. The Kier molecular flexibility index (Phi) is 7.54. The van der Waals surface area contributed by atoms with Gasteiger partial charge >= 0.3 is 5.97 Å². The molecule has 1 amide bonds. The van der Waals surface area contributed by atoms with Gasteiger partial charge in [0.05, 0.1) is 6.61 Å². The van der Waals surface area contributed by atoms with Gasteiger partial charge in [-0.15, -0.1) is 0 Å². The van der Waals surface area contributed by atoms with Crippen LogP contribution in [0, 0.1) is 11.8 Å². The van der Waals surface area contributed by atoms with Crippen molar-refractivity contribution in [2.45, 2.75) is 27.2 Å². The SMILES string of the molecule is CC(C)CC(C)COC(=O)CNC(=O)CO. The lowest BCUT2D eigenvalue weighted by Crippen LogP contribution is -2.33. The molecule has 0 spiro atoms. The molecule has 0 aliphatic heterocycles. The van der Waals surface area contributed by atoms with Crippen molar-refractivity contribution < 1.29 is 19.4 Å². The van der Waals surface area contributed by atoms with Gasteiger partial charge in [-0.2, -0.15) is 0 Å². The molecule has 0 rings (SSSR count). The van der Waals surface area contributed by atoms with Crippen LogP contribution in [-0.4, -0.2) is 36.7 Å². The minimum atomic E-state index is -0.614. The molecule has 16 heavy (non-hydrogen) atoms. The highest BCUT2D eigenvalue weighted by Gasteiger charge is 2.09. The fraction of sp³-hybridized carbons (Fsp3) is 0.818. The van der Waals surface area contributed by atoms with E-state index in [0.29, 0.717) is 18.4 Å². The zero-order valence-electron chi connectivity index (χ0n) is 10.2. The van der Waals surface area contributed by atoms with Crippen molar-refractivity contribution in [3.8, 4) is 0 Å². The maximum Gasteiger partial charge on any atom is 0.325 e. The molecule has 0 saturated heterocycles. The maximum atomic E-state index is 11.1. The van der Waals surface area contributed by atoms with E-state index in [0.717, 1.165) is 6.42 Å². The van der Waals surface area contributed by atoms with Crippen LogP contribution in [0.3, 0.4) is 0 Å². The number of rotatable bonds is 7. The van der Waals surface area contributed by atoms with E-state index >= 15 is 0 Å². The van der Waals surface area contributed by atoms with Crippen molar-refractivity contribution in [2.24, 2.45) is 11.8 Å². The second-order valence-electron chi connectivity index (χ2n) is 4.35. The van der Waals surface area contributed by atoms with E-state index in [1.165, 1.54) is 0 Å². The number of aliphatic hydroxyl groups is 1. The molecule has 0 aromatic heterocycles. The Labute approximate surface area is 96.2 Å². The van der Waals surface area contributed by atoms with Gasteiger partial charge in [0.1, 0.15) is 13.2 Å². The molecule has 5 nitrogen and oxygen atoms in total. The second kappa shape index (κ2) is 8.10. The summed E-state index contributed by atoms with van der Waals surface area (Å²) >= 11 is 0. The Morgan fingerprint density at radius 3 is 2.44 bits per heavy atom. The third-order valence-corrected chi connectivity index (χ3v) is 1.98. The first kappa shape index (κ1) is 14.9. The number of hydrogen-bond donors (Lipinski definition) is 2. The van der Waals surface area contributed by atoms with Crippen LogP contribution < -0.4 is 5.32 Å². The minimum Gasteiger partial charge on any atom is -0.464 e. The number of ether oxygens (including phenoxy) is 1. The van der Waals surface area contributed by atoms with E-state index in [4.69, 9.17) is 9.84 Å². The van der Waals surface area contributed by atoms with Gasteiger partial charge in [-0.1, -0.05) is 20.8 Å². The van der Waals surface area contributed by atoms with Crippen molar-refractivity contribution in [2.75, 3.05) is 19.8 Å². The summed E-state index contributed by atoms with van der Waals surface area (Å²) < 4.78 is 4.96. The van der Waals surface area contributed by atoms with Crippen molar-refractivity contribution in [3.63, 3.8) is 0 Å². The highest BCUT2D eigenvalue weighted by molar-refractivity contribution is 5.82. The summed E-state index contributed by atoms with van der Waals surface area (Å²) in [6.07, 6.45) is 0.996. The molecule has 2 N–H and O–H groups in total. The molecule has 94 valence electrons. The van der Waals surface area contributed by atoms with Crippen molar-refractivity contribution in [1.82, 2.24) is 5.32 Å². The zero-order chi connectivity index (χ0) is 12.6. The number of esters is 1. The monoisotopic (exact) mass is 231 g/mol. The Bertz CT molecular complexity index is 228. The van der Waals surface area contributed by atoms with Crippen molar-refractivity contribution >= 4 is 11.9 Å². The molecule has 0 saturated carbocycles. The second-order valence-corrected chi connectivity index (χ2v) is 4.35. The smallest absolute Gasteiger partial charge is 0.325 e. The lowest BCUT2D eigenvalue weighted by molar-refractivity contribution is -0.145. The highest BCUT2D eigenvalue weighted by atomic mass is 16.5. The Balaban J connectivity index is 3.61. The fourth-order valence-electron chi connectivity index (χ4n) is 1.39. The van der Waals surface area contributed by atoms with E-state index in [2.05, 4.69) is 19.2 Å². The van der Waals surface area contributed by atoms with Crippen LogP contribution >= 0.6 is 0 Å². The van der Waals surface area contributed by atoms with Gasteiger partial charge < -0.3 is 15.2 Å². The normalized spacial score (nSPS) is 12.3. The van der Waals surface area contributed by atoms with Gasteiger partial charge in [-0.3, -0.25) is 9.59 Å². The topological polar surface area (TPSA) is 75.6 Å². The third kappa shape index (κ3) is 8.23. The fourth-order valence-corrected chi connectivity index (χ4v) is 1.39. The van der Waals surface area contributed by atoms with E-state index in [1.54, 1.807) is 0 Å². The number of nitrogens with one attached hydrogen (secondary N) is 1. The average molecular weight is 231 g/mol. The molecule has 0 radical (unpaired) electrons. The van der Waals surface area contributed by atoms with E-state index in [1.807, 2.05) is 6.92 Å². The van der Waals surface area contributed by atoms with Gasteiger partial charge in [0, 0.05) is 0 Å². The molecule has 0 fully saturated rings. The molecule has 1 unspecified atom stereocenters. The predicted octanol–water partition coefficient (Wildman–Crippen LogP) is 0.320. The average Bonchev–Trinajstić information content (AvgIpc) is 2.22. The number of hydrogen-bond acceptors (Lipinski definition) is 4. The summed E-state index contributed by atoms with van der Waals surface area (Å²) in [4.78, 5) is 21.8. The Morgan fingerprint density at radius 2 is 1.94 bits per heavy atom. The number of carbonyl (C=O) groups excluding carboxylic acids is 2. The van der Waals surface area contributed by atoms with Gasteiger partial charge in [-0.05, 0) is 18.3 Å². The summed E-state index contributed by atoms with van der Waals surface area (Å²) in [6.45, 7) is 5.80. The van der Waals surface area contributed by atoms with Crippen molar-refractivity contribution in [1.29, 1.82) is 0 Å². The van der Waals surface area contributed by atoms with Gasteiger partial charge in [0.25, 0.3) is 0 Å². The Hall–Kier alpha value is -1.10. The van der Waals surface area contributed by atoms with Crippen LogP contribution in [0.2, 0.25) is 0 Å². The van der Waals surface area contributed by atoms with Crippen LogP contribution in [0.4, 0.5) is 0 Å². The molecule has 0 aliphatic carbocycles. The highest BCUT2D eigenvalue weighted by Crippen LogP contribution is 2.10. The summed E-state index contributed by atoms with van der Waals surface area (Å²) in [5.41, 5.74) is 0. The number of amides is 1. The van der Waals surface area contributed by atoms with Crippen LogP contribution in [0.5, 0.6) is 0 Å². The number of aliphatic hydroxyl groups excluding tert-OH is 1. The lowest BCUT2D eigenvalue weighted by atomic mass is 10.00. The largest absolute Gasteiger partial charge is 0.464 e. The van der Waals surface area contributed by atoms with Gasteiger partial charge in [-0.25, -0.2) is 0 Å². The molecule has 1 atom stereocenters. The summed E-state index contributed by atoms with van der Waals surface area (Å²) in [6, 6.07) is 0. The molecule has 0 aliphatic rings. The van der Waals surface area contributed by atoms with Gasteiger partial charge in [0.15, 0.2) is 0 Å². The first-order valence-electron chi connectivity index (χ1n) is 5.48.